The van der Waals surface area contributed by atoms with Crippen LogP contribution in [0.4, 0.5) is 0 Å². The molecular weight excluding hydrogens is 350 g/mol. The van der Waals surface area contributed by atoms with Gasteiger partial charge >= 0.3 is 0 Å². The number of nitrogens with zero attached hydrogens (tertiary/aromatic N) is 2. The molecule has 1 aliphatic heterocycles. The third kappa shape index (κ3) is 3.37. The van der Waals surface area contributed by atoms with E-state index in [0.717, 1.165) is 12.8 Å². The van der Waals surface area contributed by atoms with E-state index in [1.165, 1.54) is 6.26 Å². The summed E-state index contributed by atoms with van der Waals surface area (Å²) < 4.78 is 15.6. The van der Waals surface area contributed by atoms with Gasteiger partial charge in [-0.05, 0) is 30.9 Å². The molecule has 4 rings (SSSR count). The minimum Gasteiger partial charge on any atom is -0.461 e. The topological polar surface area (TPSA) is 97.8 Å². The lowest BCUT2D eigenvalue weighted by Gasteiger charge is -2.22. The Kier molecular flexibility index (Phi) is 4.51. The lowest BCUT2D eigenvalue weighted by Crippen LogP contribution is -2.42. The van der Waals surface area contributed by atoms with Crippen LogP contribution in [0.3, 0.4) is 0 Å². The zero-order valence-electron chi connectivity index (χ0n) is 15.4. The van der Waals surface area contributed by atoms with Crippen LogP contribution >= 0.6 is 0 Å². The molecule has 0 aromatic carbocycles. The lowest BCUT2D eigenvalue weighted by molar-refractivity contribution is -0.138. The summed E-state index contributed by atoms with van der Waals surface area (Å²) in [5.74, 6) is 0.889. The fraction of sp³-hybridized carbons (Fsp3) is 0.526. The van der Waals surface area contributed by atoms with Gasteiger partial charge < -0.3 is 23.9 Å². The third-order valence-electron chi connectivity index (χ3n) is 5.45. The summed E-state index contributed by atoms with van der Waals surface area (Å²) in [5.41, 5.74) is -0.159. The van der Waals surface area contributed by atoms with Crippen molar-refractivity contribution in [2.75, 3.05) is 26.8 Å². The molecule has 2 aromatic rings. The summed E-state index contributed by atoms with van der Waals surface area (Å²) >= 11 is 0. The van der Waals surface area contributed by atoms with Gasteiger partial charge in [-0.15, -0.1) is 0 Å². The second-order valence-electron chi connectivity index (χ2n) is 7.53. The Balaban J connectivity index is 1.38. The molecule has 8 nitrogen and oxygen atoms in total. The quantitative estimate of drug-likeness (QED) is 0.831. The van der Waals surface area contributed by atoms with Gasteiger partial charge in [0.1, 0.15) is 0 Å². The molecule has 1 aliphatic carbocycles. The first-order chi connectivity index (χ1) is 13.0. The molecule has 3 heterocycles. The van der Waals surface area contributed by atoms with Gasteiger partial charge in [0.05, 0.1) is 24.3 Å². The maximum atomic E-state index is 12.8. The number of hydrogen-bond donors (Lipinski definition) is 1. The van der Waals surface area contributed by atoms with E-state index in [1.54, 1.807) is 25.3 Å². The number of rotatable bonds is 6. The minimum absolute atomic E-state index is 0.122. The predicted molar refractivity (Wildman–Crippen MR) is 94.7 cm³/mol. The Morgan fingerprint density at radius 1 is 1.37 bits per heavy atom. The molecule has 1 N–H and O–H groups in total. The van der Waals surface area contributed by atoms with Crippen LogP contribution in [-0.4, -0.2) is 54.7 Å². The van der Waals surface area contributed by atoms with Gasteiger partial charge in [-0.25, -0.2) is 0 Å². The number of ether oxygens (including phenoxy) is 1. The van der Waals surface area contributed by atoms with E-state index in [0.29, 0.717) is 31.2 Å². The summed E-state index contributed by atoms with van der Waals surface area (Å²) in [6, 6.07) is 4.90. The molecule has 2 aliphatic rings. The number of likely N-dealkylation sites (tertiary alicyclic amines) is 1. The number of hydrogen-bond acceptors (Lipinski definition) is 6. The molecule has 2 atom stereocenters. The van der Waals surface area contributed by atoms with Gasteiger partial charge in [0.25, 0.3) is 5.91 Å². The molecule has 1 saturated heterocycles. The predicted octanol–water partition coefficient (Wildman–Crippen LogP) is 1.94. The molecule has 2 unspecified atom stereocenters. The van der Waals surface area contributed by atoms with Crippen LogP contribution < -0.4 is 5.32 Å². The Morgan fingerprint density at radius 3 is 2.85 bits per heavy atom. The zero-order valence-corrected chi connectivity index (χ0v) is 15.4. The first-order valence-electron chi connectivity index (χ1n) is 9.12. The van der Waals surface area contributed by atoms with Crippen LogP contribution in [-0.2, 0) is 9.53 Å². The van der Waals surface area contributed by atoms with Crippen molar-refractivity contribution in [1.82, 2.24) is 15.4 Å². The summed E-state index contributed by atoms with van der Waals surface area (Å²) in [5, 5.41) is 6.80. The van der Waals surface area contributed by atoms with E-state index in [1.807, 2.05) is 11.8 Å². The monoisotopic (exact) mass is 373 g/mol. The van der Waals surface area contributed by atoms with Crippen molar-refractivity contribution < 1.29 is 23.3 Å². The average molecular weight is 373 g/mol. The van der Waals surface area contributed by atoms with E-state index < -0.39 is 0 Å². The Hall–Kier alpha value is -2.61. The number of methoxy groups -OCH3 is 1. The second kappa shape index (κ2) is 6.84. The Bertz CT molecular complexity index is 824. The molecule has 2 amide bonds. The van der Waals surface area contributed by atoms with Crippen molar-refractivity contribution >= 4 is 11.8 Å². The van der Waals surface area contributed by atoms with E-state index in [-0.39, 0.29) is 34.9 Å². The highest BCUT2D eigenvalue weighted by Crippen LogP contribution is 2.48. The van der Waals surface area contributed by atoms with E-state index in [9.17, 15) is 9.59 Å². The molecule has 27 heavy (non-hydrogen) atoms. The van der Waals surface area contributed by atoms with Crippen LogP contribution in [0.1, 0.15) is 30.3 Å². The van der Waals surface area contributed by atoms with Gasteiger partial charge in [-0.3, -0.25) is 9.59 Å². The van der Waals surface area contributed by atoms with Gasteiger partial charge in [0.2, 0.25) is 11.7 Å². The number of nitrogens with one attached hydrogen (secondary N) is 1. The second-order valence-corrected chi connectivity index (χ2v) is 7.53. The molecule has 2 aromatic heterocycles. The average Bonchev–Trinajstić information content (AvgIpc) is 3.06. The minimum atomic E-state index is -0.350. The van der Waals surface area contributed by atoms with Crippen LogP contribution in [0.2, 0.25) is 0 Å². The van der Waals surface area contributed by atoms with Gasteiger partial charge in [0.15, 0.2) is 11.5 Å². The summed E-state index contributed by atoms with van der Waals surface area (Å²) in [7, 11) is 1.62. The highest BCUT2D eigenvalue weighted by molar-refractivity contribution is 5.93. The standard InChI is InChI=1S/C19H23N3O5/c1-12-9-22(18(24)19(5-6-19)11-25-2)10-14(12)20-17(23)13-8-16(27-21-13)15-4-3-7-26-15/h3-4,7-8,12,14H,5-6,9-11H2,1-2H3,(H,20,23). The van der Waals surface area contributed by atoms with Crippen molar-refractivity contribution in [3.63, 3.8) is 0 Å². The highest BCUT2D eigenvalue weighted by Gasteiger charge is 2.53. The van der Waals surface area contributed by atoms with Crippen LogP contribution in [0.25, 0.3) is 11.5 Å². The van der Waals surface area contributed by atoms with E-state index in [4.69, 9.17) is 13.7 Å². The maximum absolute atomic E-state index is 12.8. The highest BCUT2D eigenvalue weighted by atomic mass is 16.5. The van der Waals surface area contributed by atoms with Crippen molar-refractivity contribution in [2.45, 2.75) is 25.8 Å². The largest absolute Gasteiger partial charge is 0.461 e. The van der Waals surface area contributed by atoms with Crippen LogP contribution in [0, 0.1) is 11.3 Å². The van der Waals surface area contributed by atoms with Gasteiger partial charge in [-0.1, -0.05) is 12.1 Å². The smallest absolute Gasteiger partial charge is 0.273 e. The summed E-state index contributed by atoms with van der Waals surface area (Å²) in [6.07, 6.45) is 3.27. The molecule has 0 spiro atoms. The molecule has 8 heteroatoms. The first kappa shape index (κ1) is 17.8. The van der Waals surface area contributed by atoms with E-state index >= 15 is 0 Å². The first-order valence-corrected chi connectivity index (χ1v) is 9.12. The van der Waals surface area contributed by atoms with Crippen LogP contribution in [0.5, 0.6) is 0 Å². The number of furan rings is 1. The Morgan fingerprint density at radius 2 is 2.19 bits per heavy atom. The number of amides is 2. The molecular formula is C19H23N3O5. The van der Waals surface area contributed by atoms with Gasteiger partial charge in [-0.2, -0.15) is 0 Å². The molecule has 1 saturated carbocycles. The molecule has 0 radical (unpaired) electrons. The van der Waals surface area contributed by atoms with Crippen molar-refractivity contribution in [3.05, 3.63) is 30.2 Å². The van der Waals surface area contributed by atoms with Crippen molar-refractivity contribution in [1.29, 1.82) is 0 Å². The maximum Gasteiger partial charge on any atom is 0.273 e. The number of carbonyl (C=O) groups excluding carboxylic acids is 2. The lowest BCUT2D eigenvalue weighted by atomic mass is 10.1. The summed E-state index contributed by atoms with van der Waals surface area (Å²) in [6.45, 7) is 3.62. The fourth-order valence-corrected chi connectivity index (χ4v) is 3.66. The number of carbonyl (C=O) groups is 2. The summed E-state index contributed by atoms with van der Waals surface area (Å²) in [4.78, 5) is 27.2. The zero-order chi connectivity index (χ0) is 19.0. The molecule has 144 valence electrons. The Labute approximate surface area is 156 Å². The van der Waals surface area contributed by atoms with Crippen molar-refractivity contribution in [3.8, 4) is 11.5 Å². The normalized spacial score (nSPS) is 23.4. The fourth-order valence-electron chi connectivity index (χ4n) is 3.66. The molecule has 2 fully saturated rings. The number of aromatic nitrogens is 1. The third-order valence-corrected chi connectivity index (χ3v) is 5.45. The molecule has 0 bridgehead atoms. The van der Waals surface area contributed by atoms with E-state index in [2.05, 4.69) is 10.5 Å². The van der Waals surface area contributed by atoms with Crippen LogP contribution in [0.15, 0.2) is 33.4 Å². The SMILES string of the molecule is COCC1(C(=O)N2CC(C)C(NC(=O)c3cc(-c4ccco4)on3)C2)CC1. The van der Waals surface area contributed by atoms with Crippen molar-refractivity contribution in [2.24, 2.45) is 11.3 Å². The van der Waals surface area contributed by atoms with Gasteiger partial charge in [0, 0.05) is 26.3 Å².